The molecule has 1 amide bonds. The maximum absolute atomic E-state index is 13.7. The third-order valence-electron chi connectivity index (χ3n) is 6.69. The van der Waals surface area contributed by atoms with Crippen LogP contribution in [0.5, 0.6) is 0 Å². The Bertz CT molecular complexity index is 1070. The third kappa shape index (κ3) is 5.41. The molecule has 0 unspecified atom stereocenters. The molecule has 0 radical (unpaired) electrons. The average molecular weight is 470 g/mol. The van der Waals surface area contributed by atoms with E-state index in [0.29, 0.717) is 30.3 Å². The molecule has 0 atom stereocenters. The Kier molecular flexibility index (Phi) is 7.39. The van der Waals surface area contributed by atoms with Crippen molar-refractivity contribution in [3.63, 3.8) is 0 Å². The fraction of sp³-hybridized carbons (Fsp3) is 0.500. The summed E-state index contributed by atoms with van der Waals surface area (Å²) in [6.07, 6.45) is 6.09. The van der Waals surface area contributed by atoms with E-state index in [1.807, 2.05) is 30.3 Å². The van der Waals surface area contributed by atoms with Gasteiger partial charge in [-0.15, -0.1) is 0 Å². The molecule has 1 N–H and O–H groups in total. The molecule has 2 saturated heterocycles. The van der Waals surface area contributed by atoms with E-state index in [1.165, 1.54) is 12.0 Å². The lowest BCUT2D eigenvalue weighted by atomic mass is 10.0. The smallest absolute Gasteiger partial charge is 0.255 e. The molecule has 6 nitrogen and oxygen atoms in total. The number of sulfonamides is 1. The van der Waals surface area contributed by atoms with Crippen LogP contribution in [0.1, 0.15) is 74.2 Å². The molecule has 0 aliphatic carbocycles. The van der Waals surface area contributed by atoms with Gasteiger partial charge in [0.25, 0.3) is 5.91 Å². The summed E-state index contributed by atoms with van der Waals surface area (Å²) in [6, 6.07) is 12.9. The quantitative estimate of drug-likeness (QED) is 0.629. The van der Waals surface area contributed by atoms with Crippen LogP contribution >= 0.6 is 0 Å². The van der Waals surface area contributed by atoms with Crippen molar-refractivity contribution in [1.82, 2.24) is 4.31 Å². The van der Waals surface area contributed by atoms with Crippen LogP contribution in [0.15, 0.2) is 47.4 Å². The number of nitrogens with zero attached hydrogens (tertiary/aromatic N) is 2. The van der Waals surface area contributed by atoms with Gasteiger partial charge < -0.3 is 10.2 Å². The minimum Gasteiger partial charge on any atom is -0.370 e. The minimum absolute atomic E-state index is 0.258. The van der Waals surface area contributed by atoms with E-state index in [1.54, 1.807) is 16.4 Å². The minimum atomic E-state index is -3.67. The second-order valence-corrected chi connectivity index (χ2v) is 11.3. The Labute approximate surface area is 198 Å². The topological polar surface area (TPSA) is 69.7 Å². The Morgan fingerprint density at radius 3 is 2.06 bits per heavy atom. The molecule has 2 fully saturated rings. The van der Waals surface area contributed by atoms with Crippen molar-refractivity contribution in [3.05, 3.63) is 53.6 Å². The van der Waals surface area contributed by atoms with E-state index in [0.717, 1.165) is 50.9 Å². The number of nitrogens with one attached hydrogen (secondary N) is 1. The molecule has 0 bridgehead atoms. The molecule has 2 aromatic rings. The summed E-state index contributed by atoms with van der Waals surface area (Å²) in [6.45, 7) is 7.02. The van der Waals surface area contributed by atoms with Crippen LogP contribution in [-0.2, 0) is 10.0 Å². The number of hydrogen-bond donors (Lipinski definition) is 1. The number of piperidine rings is 2. The van der Waals surface area contributed by atoms with Gasteiger partial charge in [-0.25, -0.2) is 8.42 Å². The Morgan fingerprint density at radius 1 is 0.848 bits per heavy atom. The summed E-state index contributed by atoms with van der Waals surface area (Å²) in [5.41, 5.74) is 2.98. The molecular weight excluding hydrogens is 434 g/mol. The van der Waals surface area contributed by atoms with Crippen LogP contribution in [0.2, 0.25) is 0 Å². The van der Waals surface area contributed by atoms with E-state index < -0.39 is 10.0 Å². The first-order chi connectivity index (χ1) is 15.9. The van der Waals surface area contributed by atoms with Gasteiger partial charge in [0.15, 0.2) is 0 Å². The second-order valence-electron chi connectivity index (χ2n) is 9.43. The first-order valence-corrected chi connectivity index (χ1v) is 13.6. The van der Waals surface area contributed by atoms with Gasteiger partial charge in [0.2, 0.25) is 10.0 Å². The largest absolute Gasteiger partial charge is 0.370 e. The molecule has 0 spiro atoms. The highest BCUT2D eigenvalue weighted by Gasteiger charge is 2.31. The number of carbonyl (C=O) groups excluding carboxylic acids is 1. The molecule has 4 rings (SSSR count). The lowest BCUT2D eigenvalue weighted by molar-refractivity contribution is 0.102. The summed E-state index contributed by atoms with van der Waals surface area (Å²) >= 11 is 0. The molecule has 2 aromatic carbocycles. The van der Waals surface area contributed by atoms with Crippen molar-refractivity contribution < 1.29 is 13.2 Å². The van der Waals surface area contributed by atoms with E-state index in [4.69, 9.17) is 0 Å². The summed E-state index contributed by atoms with van der Waals surface area (Å²) < 4.78 is 28.9. The maximum Gasteiger partial charge on any atom is 0.255 e. The number of anilines is 2. The maximum atomic E-state index is 13.7. The number of amides is 1. The van der Waals surface area contributed by atoms with Crippen molar-refractivity contribution in [2.45, 2.75) is 63.2 Å². The van der Waals surface area contributed by atoms with Gasteiger partial charge in [-0.3, -0.25) is 4.79 Å². The highest BCUT2D eigenvalue weighted by molar-refractivity contribution is 7.89. The van der Waals surface area contributed by atoms with Crippen LogP contribution in [-0.4, -0.2) is 44.8 Å². The predicted octanol–water partition coefficient (Wildman–Crippen LogP) is 5.23. The van der Waals surface area contributed by atoms with E-state index >= 15 is 0 Å². The van der Waals surface area contributed by atoms with Crippen LogP contribution in [0, 0.1) is 0 Å². The zero-order chi connectivity index (χ0) is 23.4. The molecule has 2 aliphatic heterocycles. The summed E-state index contributed by atoms with van der Waals surface area (Å²) in [5, 5.41) is 2.92. The average Bonchev–Trinajstić information content (AvgIpc) is 2.85. The lowest BCUT2D eigenvalue weighted by Gasteiger charge is -2.33. The van der Waals surface area contributed by atoms with Crippen LogP contribution in [0.3, 0.4) is 0 Å². The SMILES string of the molecule is CC(C)c1ccc(NC(=O)c2ccc(N3CCCCC3)c(S(=O)(=O)N3CCCCC3)c2)cc1. The number of carbonyl (C=O) groups is 1. The van der Waals surface area contributed by atoms with Crippen molar-refractivity contribution >= 4 is 27.3 Å². The monoisotopic (exact) mass is 469 g/mol. The zero-order valence-corrected chi connectivity index (χ0v) is 20.5. The Hall–Kier alpha value is -2.38. The Morgan fingerprint density at radius 2 is 1.45 bits per heavy atom. The lowest BCUT2D eigenvalue weighted by Crippen LogP contribution is -2.37. The van der Waals surface area contributed by atoms with Gasteiger partial charge in [-0.2, -0.15) is 4.31 Å². The van der Waals surface area contributed by atoms with Gasteiger partial charge in [0, 0.05) is 37.4 Å². The van der Waals surface area contributed by atoms with Crippen LogP contribution in [0.4, 0.5) is 11.4 Å². The molecule has 2 aliphatic rings. The van der Waals surface area contributed by atoms with Crippen molar-refractivity contribution in [3.8, 4) is 0 Å². The summed E-state index contributed by atoms with van der Waals surface area (Å²) in [7, 11) is -3.67. The van der Waals surface area contributed by atoms with Crippen molar-refractivity contribution in [1.29, 1.82) is 0 Å². The molecule has 33 heavy (non-hydrogen) atoms. The number of benzene rings is 2. The van der Waals surface area contributed by atoms with E-state index in [-0.39, 0.29) is 10.8 Å². The first-order valence-electron chi connectivity index (χ1n) is 12.2. The van der Waals surface area contributed by atoms with Crippen LogP contribution in [0.25, 0.3) is 0 Å². The van der Waals surface area contributed by atoms with E-state index in [2.05, 4.69) is 24.1 Å². The predicted molar refractivity (Wildman–Crippen MR) is 134 cm³/mol. The standard InChI is InChI=1S/C26H35N3O3S/c1-20(2)21-9-12-23(13-10-21)27-26(30)22-11-14-24(28-15-5-3-6-16-28)25(19-22)33(31,32)29-17-7-4-8-18-29/h9-14,19-20H,3-8,15-18H2,1-2H3,(H,27,30). The fourth-order valence-electron chi connectivity index (χ4n) is 4.66. The fourth-order valence-corrected chi connectivity index (χ4v) is 6.41. The normalized spacial score (nSPS) is 17.8. The van der Waals surface area contributed by atoms with Gasteiger partial charge in [0.1, 0.15) is 4.90 Å². The molecule has 7 heteroatoms. The highest BCUT2D eigenvalue weighted by Crippen LogP contribution is 2.32. The molecule has 0 saturated carbocycles. The zero-order valence-electron chi connectivity index (χ0n) is 19.7. The second kappa shape index (κ2) is 10.3. The molecular formula is C26H35N3O3S. The van der Waals surface area contributed by atoms with Gasteiger partial charge >= 0.3 is 0 Å². The highest BCUT2D eigenvalue weighted by atomic mass is 32.2. The summed E-state index contributed by atoms with van der Waals surface area (Å²) in [4.78, 5) is 15.5. The Balaban J connectivity index is 1.65. The number of hydrogen-bond acceptors (Lipinski definition) is 4. The molecule has 2 heterocycles. The third-order valence-corrected chi connectivity index (χ3v) is 8.61. The van der Waals surface area contributed by atoms with Gasteiger partial charge in [0.05, 0.1) is 5.69 Å². The summed E-state index contributed by atoms with van der Waals surface area (Å²) in [5.74, 6) is 0.118. The van der Waals surface area contributed by atoms with Gasteiger partial charge in [-0.05, 0) is 73.9 Å². The molecule has 0 aromatic heterocycles. The van der Waals surface area contributed by atoms with Crippen molar-refractivity contribution in [2.24, 2.45) is 0 Å². The van der Waals surface area contributed by atoms with Gasteiger partial charge in [-0.1, -0.05) is 32.4 Å². The number of rotatable bonds is 6. The molecule has 178 valence electrons. The van der Waals surface area contributed by atoms with Crippen molar-refractivity contribution in [2.75, 3.05) is 36.4 Å². The van der Waals surface area contributed by atoms with Crippen LogP contribution < -0.4 is 10.2 Å². The van der Waals surface area contributed by atoms with E-state index in [9.17, 15) is 13.2 Å². The first kappa shape index (κ1) is 23.8.